The SMILES string of the molecule is CN(C)[C@H]1CC[C@H](N)C1.Cl. The van der Waals surface area contributed by atoms with Crippen molar-refractivity contribution in [2.75, 3.05) is 14.1 Å². The van der Waals surface area contributed by atoms with Gasteiger partial charge >= 0.3 is 0 Å². The van der Waals surface area contributed by atoms with E-state index in [0.717, 1.165) is 6.04 Å². The van der Waals surface area contributed by atoms with Crippen LogP contribution in [-0.2, 0) is 0 Å². The Morgan fingerprint density at radius 3 is 2.10 bits per heavy atom. The molecule has 0 spiro atoms. The molecule has 0 radical (unpaired) electrons. The van der Waals surface area contributed by atoms with Crippen molar-refractivity contribution in [3.63, 3.8) is 0 Å². The third-order valence-corrected chi connectivity index (χ3v) is 2.18. The van der Waals surface area contributed by atoms with E-state index < -0.39 is 0 Å². The fraction of sp³-hybridized carbons (Fsp3) is 1.00. The van der Waals surface area contributed by atoms with Gasteiger partial charge in [-0.2, -0.15) is 0 Å². The Labute approximate surface area is 69.2 Å². The van der Waals surface area contributed by atoms with Gasteiger partial charge in [0.15, 0.2) is 0 Å². The molecule has 10 heavy (non-hydrogen) atoms. The molecule has 1 rings (SSSR count). The van der Waals surface area contributed by atoms with Crippen molar-refractivity contribution < 1.29 is 0 Å². The van der Waals surface area contributed by atoms with Crippen molar-refractivity contribution in [1.29, 1.82) is 0 Å². The Morgan fingerprint density at radius 1 is 1.30 bits per heavy atom. The van der Waals surface area contributed by atoms with Crippen molar-refractivity contribution in [3.05, 3.63) is 0 Å². The predicted molar refractivity (Wildman–Crippen MR) is 46.5 cm³/mol. The van der Waals surface area contributed by atoms with E-state index >= 15 is 0 Å². The summed E-state index contributed by atoms with van der Waals surface area (Å²) < 4.78 is 0. The van der Waals surface area contributed by atoms with Crippen molar-refractivity contribution in [2.45, 2.75) is 31.3 Å². The number of nitrogens with zero attached hydrogens (tertiary/aromatic N) is 1. The van der Waals surface area contributed by atoms with Crippen LogP contribution >= 0.6 is 12.4 Å². The van der Waals surface area contributed by atoms with Crippen molar-refractivity contribution >= 4 is 12.4 Å². The number of halogens is 1. The zero-order valence-corrected chi connectivity index (χ0v) is 7.53. The lowest BCUT2D eigenvalue weighted by Gasteiger charge is -2.17. The van der Waals surface area contributed by atoms with Gasteiger partial charge in [0.1, 0.15) is 0 Å². The van der Waals surface area contributed by atoms with Gasteiger partial charge < -0.3 is 10.6 Å². The molecule has 0 aliphatic heterocycles. The highest BCUT2D eigenvalue weighted by Crippen LogP contribution is 2.20. The first kappa shape index (κ1) is 10.2. The zero-order chi connectivity index (χ0) is 6.85. The van der Waals surface area contributed by atoms with Crippen LogP contribution in [0.4, 0.5) is 0 Å². The summed E-state index contributed by atoms with van der Waals surface area (Å²) in [5, 5.41) is 0. The van der Waals surface area contributed by atoms with E-state index in [1.807, 2.05) is 0 Å². The lowest BCUT2D eigenvalue weighted by molar-refractivity contribution is 0.297. The third kappa shape index (κ3) is 2.45. The van der Waals surface area contributed by atoms with Crippen molar-refractivity contribution in [1.82, 2.24) is 4.90 Å². The Balaban J connectivity index is 0.000000810. The van der Waals surface area contributed by atoms with Gasteiger partial charge in [-0.15, -0.1) is 12.4 Å². The van der Waals surface area contributed by atoms with E-state index in [2.05, 4.69) is 19.0 Å². The highest BCUT2D eigenvalue weighted by molar-refractivity contribution is 5.85. The molecular formula is C7H17ClN2. The second-order valence-electron chi connectivity index (χ2n) is 3.19. The lowest BCUT2D eigenvalue weighted by Crippen LogP contribution is -2.27. The first-order valence-corrected chi connectivity index (χ1v) is 3.62. The van der Waals surface area contributed by atoms with E-state index in [1.54, 1.807) is 0 Å². The molecule has 0 unspecified atom stereocenters. The van der Waals surface area contributed by atoms with Crippen LogP contribution in [0.3, 0.4) is 0 Å². The van der Waals surface area contributed by atoms with Gasteiger partial charge in [0, 0.05) is 12.1 Å². The number of hydrogen-bond donors (Lipinski definition) is 1. The molecule has 1 saturated carbocycles. The van der Waals surface area contributed by atoms with E-state index in [9.17, 15) is 0 Å². The van der Waals surface area contributed by atoms with Crippen LogP contribution in [0.1, 0.15) is 19.3 Å². The van der Waals surface area contributed by atoms with Gasteiger partial charge in [-0.25, -0.2) is 0 Å². The molecular weight excluding hydrogens is 148 g/mol. The highest BCUT2D eigenvalue weighted by Gasteiger charge is 2.22. The maximum Gasteiger partial charge on any atom is 0.0104 e. The molecule has 1 aliphatic rings. The molecule has 0 saturated heterocycles. The lowest BCUT2D eigenvalue weighted by atomic mass is 10.2. The van der Waals surface area contributed by atoms with Gasteiger partial charge in [-0.3, -0.25) is 0 Å². The molecule has 0 bridgehead atoms. The van der Waals surface area contributed by atoms with Crippen LogP contribution in [0, 0.1) is 0 Å². The highest BCUT2D eigenvalue weighted by atomic mass is 35.5. The van der Waals surface area contributed by atoms with Crippen molar-refractivity contribution in [3.8, 4) is 0 Å². The molecule has 1 aliphatic carbocycles. The van der Waals surface area contributed by atoms with Gasteiger partial charge in [0.05, 0.1) is 0 Å². The van der Waals surface area contributed by atoms with Gasteiger partial charge in [0.25, 0.3) is 0 Å². The summed E-state index contributed by atoms with van der Waals surface area (Å²) in [5.74, 6) is 0. The maximum atomic E-state index is 5.74. The van der Waals surface area contributed by atoms with E-state index in [4.69, 9.17) is 5.73 Å². The monoisotopic (exact) mass is 164 g/mol. The molecule has 2 N–H and O–H groups in total. The quantitative estimate of drug-likeness (QED) is 0.623. The smallest absolute Gasteiger partial charge is 0.0104 e. The van der Waals surface area contributed by atoms with Gasteiger partial charge in [-0.1, -0.05) is 0 Å². The third-order valence-electron chi connectivity index (χ3n) is 2.18. The molecule has 0 aromatic carbocycles. The second kappa shape index (κ2) is 4.16. The first-order valence-electron chi connectivity index (χ1n) is 3.62. The zero-order valence-electron chi connectivity index (χ0n) is 6.71. The molecule has 62 valence electrons. The van der Waals surface area contributed by atoms with E-state index in [0.29, 0.717) is 6.04 Å². The molecule has 0 heterocycles. The van der Waals surface area contributed by atoms with Crippen LogP contribution in [0.2, 0.25) is 0 Å². The average molecular weight is 165 g/mol. The van der Waals surface area contributed by atoms with Gasteiger partial charge in [0.2, 0.25) is 0 Å². The van der Waals surface area contributed by atoms with Crippen molar-refractivity contribution in [2.24, 2.45) is 5.73 Å². The first-order chi connectivity index (χ1) is 4.20. The van der Waals surface area contributed by atoms with Crippen LogP contribution in [-0.4, -0.2) is 31.1 Å². The Kier molecular flexibility index (Phi) is 4.25. The Bertz CT molecular complexity index is 95.6. The molecule has 2 nitrogen and oxygen atoms in total. The summed E-state index contributed by atoms with van der Waals surface area (Å²) in [5.41, 5.74) is 5.74. The number of rotatable bonds is 1. The summed E-state index contributed by atoms with van der Waals surface area (Å²) >= 11 is 0. The predicted octanol–water partition coefficient (Wildman–Crippen LogP) is 0.850. The number of nitrogens with two attached hydrogens (primary N) is 1. The minimum absolute atomic E-state index is 0. The second-order valence-corrected chi connectivity index (χ2v) is 3.19. The summed E-state index contributed by atoms with van der Waals surface area (Å²) in [4.78, 5) is 2.27. The standard InChI is InChI=1S/C7H16N2.ClH/c1-9(2)7-4-3-6(8)5-7;/h6-7H,3-5,8H2,1-2H3;1H/t6-,7-;/m0./s1. The molecule has 3 heteroatoms. The van der Waals surface area contributed by atoms with Gasteiger partial charge in [-0.05, 0) is 33.4 Å². The summed E-state index contributed by atoms with van der Waals surface area (Å²) in [6.45, 7) is 0. The largest absolute Gasteiger partial charge is 0.328 e. The fourth-order valence-corrected chi connectivity index (χ4v) is 1.46. The average Bonchev–Trinajstić information content (AvgIpc) is 2.14. The van der Waals surface area contributed by atoms with Crippen LogP contribution in [0.25, 0.3) is 0 Å². The molecule has 0 aromatic heterocycles. The topological polar surface area (TPSA) is 29.3 Å². The van der Waals surface area contributed by atoms with E-state index in [1.165, 1.54) is 19.3 Å². The van der Waals surface area contributed by atoms with Crippen LogP contribution in [0.15, 0.2) is 0 Å². The van der Waals surface area contributed by atoms with Crippen LogP contribution < -0.4 is 5.73 Å². The summed E-state index contributed by atoms with van der Waals surface area (Å²) in [7, 11) is 4.26. The summed E-state index contributed by atoms with van der Waals surface area (Å²) in [6.07, 6.45) is 3.68. The normalized spacial score (nSPS) is 32.4. The van der Waals surface area contributed by atoms with E-state index in [-0.39, 0.29) is 12.4 Å². The number of hydrogen-bond acceptors (Lipinski definition) is 2. The molecule has 1 fully saturated rings. The molecule has 0 amide bonds. The summed E-state index contributed by atoms with van der Waals surface area (Å²) in [6, 6.07) is 1.22. The van der Waals surface area contributed by atoms with Crippen LogP contribution in [0.5, 0.6) is 0 Å². The molecule has 2 atom stereocenters. The minimum atomic E-state index is 0. The Morgan fingerprint density at radius 2 is 1.90 bits per heavy atom. The Hall–Kier alpha value is 0.210. The fourth-order valence-electron chi connectivity index (χ4n) is 1.46. The minimum Gasteiger partial charge on any atom is -0.328 e. The maximum absolute atomic E-state index is 5.74. The molecule has 0 aromatic rings.